The Morgan fingerprint density at radius 1 is 1.16 bits per heavy atom. The lowest BCUT2D eigenvalue weighted by Gasteiger charge is -2.27. The van der Waals surface area contributed by atoms with E-state index in [0.717, 1.165) is 23.4 Å². The smallest absolute Gasteiger partial charge is 0.270 e. The Kier molecular flexibility index (Phi) is 6.99. The highest BCUT2D eigenvalue weighted by atomic mass is 19.3. The van der Waals surface area contributed by atoms with E-state index in [1.54, 1.807) is 13.8 Å². The first-order valence-electron chi connectivity index (χ1n) is 11.1. The van der Waals surface area contributed by atoms with Gasteiger partial charge in [0, 0.05) is 30.4 Å². The normalized spacial score (nSPS) is 15.7. The molecule has 0 spiro atoms. The summed E-state index contributed by atoms with van der Waals surface area (Å²) in [5, 5.41) is 3.25. The maximum Gasteiger partial charge on any atom is 0.270 e. The Bertz CT molecular complexity index is 1350. The molecule has 2 heterocycles. The maximum atomic E-state index is 14.9. The molecular weight excluding hydrogens is 493 g/mol. The number of ether oxygens (including phenoxy) is 1. The zero-order valence-corrected chi connectivity index (χ0v) is 20.1. The average Bonchev–Trinajstić information content (AvgIpc) is 3.47. The van der Waals surface area contributed by atoms with E-state index in [9.17, 15) is 22.8 Å². The maximum absolute atomic E-state index is 14.9. The van der Waals surface area contributed by atoms with Crippen LogP contribution in [-0.4, -0.2) is 52.4 Å². The standard InChI is InChI=1S/C24H23F3N6O4/c1-4-37-33(19-6-13(25)5-14(21(19)36-3)17-11-29-12(2)9-30-17)18-7-16(31-10-15(18)22(28)34)23(35)32-20-8-24(20,26)27/h5-7,9-11,20H,4,8H2,1-3H3,(H2,28,34)(H,32,35). The Morgan fingerprint density at radius 2 is 1.89 bits per heavy atom. The number of anilines is 2. The van der Waals surface area contributed by atoms with Crippen molar-refractivity contribution in [2.45, 2.75) is 32.2 Å². The van der Waals surface area contributed by atoms with Crippen LogP contribution in [-0.2, 0) is 4.84 Å². The SMILES string of the molecule is CCON(c1cc(C(=O)NC2CC2(F)F)ncc1C(N)=O)c1cc(F)cc(-c2cnc(C)cn2)c1OC. The van der Waals surface area contributed by atoms with E-state index in [1.165, 1.54) is 25.6 Å². The van der Waals surface area contributed by atoms with Crippen LogP contribution in [0.25, 0.3) is 11.3 Å². The number of methoxy groups -OCH3 is 1. The number of amides is 2. The van der Waals surface area contributed by atoms with E-state index < -0.39 is 36.0 Å². The minimum absolute atomic E-state index is 0.00973. The number of carbonyl (C=O) groups excluding carboxylic acids is 2. The quantitative estimate of drug-likeness (QED) is 0.414. The van der Waals surface area contributed by atoms with Crippen molar-refractivity contribution in [1.29, 1.82) is 0 Å². The minimum Gasteiger partial charge on any atom is -0.494 e. The lowest BCUT2D eigenvalue weighted by molar-refractivity contribution is 0.0845. The van der Waals surface area contributed by atoms with E-state index in [-0.39, 0.29) is 40.6 Å². The molecule has 3 N–H and O–H groups in total. The molecule has 1 aliphatic carbocycles. The molecule has 0 aliphatic heterocycles. The molecule has 1 fully saturated rings. The molecule has 1 unspecified atom stereocenters. The molecule has 0 radical (unpaired) electrons. The molecule has 2 amide bonds. The van der Waals surface area contributed by atoms with Crippen LogP contribution >= 0.6 is 0 Å². The zero-order chi connectivity index (χ0) is 26.9. The molecule has 0 bridgehead atoms. The van der Waals surface area contributed by atoms with Gasteiger partial charge in [-0.3, -0.25) is 29.4 Å². The lowest BCUT2D eigenvalue weighted by atomic mass is 10.1. The summed E-state index contributed by atoms with van der Waals surface area (Å²) in [5.74, 6) is -5.39. The van der Waals surface area contributed by atoms with Crippen molar-refractivity contribution in [3.05, 3.63) is 59.6 Å². The molecule has 37 heavy (non-hydrogen) atoms. The van der Waals surface area contributed by atoms with Crippen molar-refractivity contribution in [3.8, 4) is 17.0 Å². The van der Waals surface area contributed by atoms with E-state index in [2.05, 4.69) is 20.3 Å². The highest BCUT2D eigenvalue weighted by Crippen LogP contribution is 2.43. The lowest BCUT2D eigenvalue weighted by Crippen LogP contribution is -2.31. The topological polar surface area (TPSA) is 133 Å². The van der Waals surface area contributed by atoms with Gasteiger partial charge in [-0.2, -0.15) is 0 Å². The fraction of sp³-hybridized carbons (Fsp3) is 0.292. The molecule has 4 rings (SSSR count). The third-order valence-corrected chi connectivity index (χ3v) is 5.50. The molecule has 1 aliphatic rings. The summed E-state index contributed by atoms with van der Waals surface area (Å²) in [6.45, 7) is 3.42. The minimum atomic E-state index is -2.99. The average molecular weight is 516 g/mol. The molecule has 3 aromatic rings. The molecule has 1 aromatic carbocycles. The number of primary amides is 1. The molecule has 194 valence electrons. The van der Waals surface area contributed by atoms with Gasteiger partial charge in [0.2, 0.25) is 0 Å². The van der Waals surface area contributed by atoms with Crippen LogP contribution < -0.4 is 20.9 Å². The number of nitrogens with one attached hydrogen (secondary N) is 1. The van der Waals surface area contributed by atoms with Crippen molar-refractivity contribution in [2.75, 3.05) is 18.8 Å². The highest BCUT2D eigenvalue weighted by molar-refractivity contribution is 6.02. The summed E-state index contributed by atoms with van der Waals surface area (Å²) in [7, 11) is 1.35. The summed E-state index contributed by atoms with van der Waals surface area (Å²) in [6.07, 6.45) is 3.48. The molecule has 10 nitrogen and oxygen atoms in total. The predicted octanol–water partition coefficient (Wildman–Crippen LogP) is 3.32. The summed E-state index contributed by atoms with van der Waals surface area (Å²) >= 11 is 0. The fourth-order valence-corrected chi connectivity index (χ4v) is 3.59. The number of halogens is 3. The molecule has 13 heteroatoms. The molecule has 0 saturated heterocycles. The van der Waals surface area contributed by atoms with Crippen LogP contribution in [0, 0.1) is 12.7 Å². The second-order valence-electron chi connectivity index (χ2n) is 8.20. The first kappa shape index (κ1) is 25.8. The first-order valence-corrected chi connectivity index (χ1v) is 11.1. The van der Waals surface area contributed by atoms with Crippen LogP contribution in [0.5, 0.6) is 5.75 Å². The van der Waals surface area contributed by atoms with Gasteiger partial charge in [0.1, 0.15) is 17.2 Å². The van der Waals surface area contributed by atoms with Gasteiger partial charge in [-0.1, -0.05) is 0 Å². The van der Waals surface area contributed by atoms with Crippen molar-refractivity contribution >= 4 is 23.2 Å². The summed E-state index contributed by atoms with van der Waals surface area (Å²) < 4.78 is 47.1. The Balaban J connectivity index is 1.85. The Morgan fingerprint density at radius 3 is 2.46 bits per heavy atom. The van der Waals surface area contributed by atoms with E-state index in [1.807, 2.05) is 0 Å². The van der Waals surface area contributed by atoms with Crippen molar-refractivity contribution < 1.29 is 32.3 Å². The monoisotopic (exact) mass is 516 g/mol. The Hall–Kier alpha value is -4.26. The van der Waals surface area contributed by atoms with Gasteiger partial charge >= 0.3 is 0 Å². The van der Waals surface area contributed by atoms with Crippen LogP contribution in [0.2, 0.25) is 0 Å². The van der Waals surface area contributed by atoms with Crippen LogP contribution in [0.1, 0.15) is 39.9 Å². The van der Waals surface area contributed by atoms with Crippen LogP contribution in [0.4, 0.5) is 24.5 Å². The number of rotatable bonds is 9. The predicted molar refractivity (Wildman–Crippen MR) is 126 cm³/mol. The van der Waals surface area contributed by atoms with Gasteiger partial charge in [-0.25, -0.2) is 18.2 Å². The van der Waals surface area contributed by atoms with Crippen molar-refractivity contribution in [2.24, 2.45) is 5.73 Å². The number of aryl methyl sites for hydroxylation is 1. The van der Waals surface area contributed by atoms with E-state index >= 15 is 0 Å². The summed E-state index contributed by atoms with van der Waals surface area (Å²) in [4.78, 5) is 42.9. The molecule has 1 saturated carbocycles. The Labute approximate surface area is 209 Å². The third kappa shape index (κ3) is 5.31. The number of nitrogens with zero attached hydrogens (tertiary/aromatic N) is 4. The van der Waals surface area contributed by atoms with Gasteiger partial charge in [0.25, 0.3) is 17.7 Å². The number of hydrogen-bond acceptors (Lipinski definition) is 8. The van der Waals surface area contributed by atoms with Gasteiger partial charge in [-0.05, 0) is 26.0 Å². The highest BCUT2D eigenvalue weighted by Gasteiger charge is 2.58. The number of aromatic nitrogens is 3. The second-order valence-corrected chi connectivity index (χ2v) is 8.20. The number of carbonyl (C=O) groups is 2. The number of alkyl halides is 2. The summed E-state index contributed by atoms with van der Waals surface area (Å²) in [6, 6.07) is 2.11. The van der Waals surface area contributed by atoms with E-state index in [0.29, 0.717) is 11.4 Å². The van der Waals surface area contributed by atoms with Gasteiger partial charge in [0.15, 0.2) is 5.75 Å². The second kappa shape index (κ2) is 10.0. The fourth-order valence-electron chi connectivity index (χ4n) is 3.59. The summed E-state index contributed by atoms with van der Waals surface area (Å²) in [5.41, 5.74) is 6.18. The largest absolute Gasteiger partial charge is 0.494 e. The number of hydrogen-bond donors (Lipinski definition) is 2. The molecule has 2 aromatic heterocycles. The zero-order valence-electron chi connectivity index (χ0n) is 20.1. The molecule has 1 atom stereocenters. The first-order chi connectivity index (χ1) is 17.6. The van der Waals surface area contributed by atoms with Gasteiger partial charge < -0.3 is 15.8 Å². The van der Waals surface area contributed by atoms with Gasteiger partial charge in [0.05, 0.1) is 48.6 Å². The van der Waals surface area contributed by atoms with Crippen LogP contribution in [0.15, 0.2) is 36.8 Å². The molecular formula is C24H23F3N6O4. The number of nitrogens with two attached hydrogens (primary N) is 1. The van der Waals surface area contributed by atoms with Crippen molar-refractivity contribution in [1.82, 2.24) is 20.3 Å². The number of pyridine rings is 1. The number of benzene rings is 1. The third-order valence-electron chi connectivity index (χ3n) is 5.50. The van der Waals surface area contributed by atoms with Crippen LogP contribution in [0.3, 0.4) is 0 Å². The van der Waals surface area contributed by atoms with Crippen molar-refractivity contribution in [3.63, 3.8) is 0 Å². The van der Waals surface area contributed by atoms with Gasteiger partial charge in [-0.15, -0.1) is 0 Å². The van der Waals surface area contributed by atoms with E-state index in [4.69, 9.17) is 15.3 Å².